The Hall–Kier alpha value is -2.89. The Bertz CT molecular complexity index is 684. The summed E-state index contributed by atoms with van der Waals surface area (Å²) >= 11 is 0. The molecule has 140 valence electrons. The molecule has 0 amide bonds. The molecule has 0 atom stereocenters. The summed E-state index contributed by atoms with van der Waals surface area (Å²) in [7, 11) is 3.63. The monoisotopic (exact) mass is 357 g/mol. The number of rotatable bonds is 8. The van der Waals surface area contributed by atoms with Gasteiger partial charge in [0.1, 0.15) is 23.9 Å². The number of ether oxygens (including phenoxy) is 2. The molecule has 0 saturated carbocycles. The number of aliphatic imine (C=N–C) groups is 1. The van der Waals surface area contributed by atoms with Crippen LogP contribution >= 0.6 is 0 Å². The van der Waals surface area contributed by atoms with Crippen LogP contribution in [-0.2, 0) is 6.54 Å². The highest BCUT2D eigenvalue weighted by Crippen LogP contribution is 2.16. The van der Waals surface area contributed by atoms with E-state index in [1.54, 1.807) is 19.2 Å². The van der Waals surface area contributed by atoms with Gasteiger partial charge in [0.2, 0.25) is 0 Å². The third-order valence-corrected chi connectivity index (χ3v) is 3.80. The molecule has 0 spiro atoms. The Kier molecular flexibility index (Phi) is 7.61. The van der Waals surface area contributed by atoms with E-state index >= 15 is 0 Å². The SMILES string of the molecule is CCNC(=NCc1ccc(O)cc1)N(C)CCOc1ccc(OC)cc1. The zero-order valence-corrected chi connectivity index (χ0v) is 15.6. The predicted molar refractivity (Wildman–Crippen MR) is 104 cm³/mol. The smallest absolute Gasteiger partial charge is 0.194 e. The summed E-state index contributed by atoms with van der Waals surface area (Å²) in [4.78, 5) is 6.67. The number of benzene rings is 2. The van der Waals surface area contributed by atoms with Gasteiger partial charge in [-0.15, -0.1) is 0 Å². The Morgan fingerprint density at radius 1 is 1.08 bits per heavy atom. The van der Waals surface area contributed by atoms with E-state index in [-0.39, 0.29) is 5.75 Å². The number of methoxy groups -OCH3 is 1. The first-order valence-corrected chi connectivity index (χ1v) is 8.66. The molecule has 2 aromatic carbocycles. The van der Waals surface area contributed by atoms with Crippen molar-refractivity contribution in [2.24, 2.45) is 4.99 Å². The van der Waals surface area contributed by atoms with Crippen molar-refractivity contribution in [1.82, 2.24) is 10.2 Å². The van der Waals surface area contributed by atoms with Crippen LogP contribution in [-0.4, -0.2) is 49.8 Å². The third-order valence-electron chi connectivity index (χ3n) is 3.80. The fraction of sp³-hybridized carbons (Fsp3) is 0.350. The van der Waals surface area contributed by atoms with Crippen molar-refractivity contribution in [3.05, 3.63) is 54.1 Å². The van der Waals surface area contributed by atoms with Crippen LogP contribution in [0.2, 0.25) is 0 Å². The fourth-order valence-corrected chi connectivity index (χ4v) is 2.32. The standard InChI is InChI=1S/C20H27N3O3/c1-4-21-20(22-15-16-5-7-17(24)8-6-16)23(2)13-14-26-19-11-9-18(25-3)10-12-19/h5-12,24H,4,13-15H2,1-3H3,(H,21,22). The number of aromatic hydroxyl groups is 1. The molecule has 0 heterocycles. The van der Waals surface area contributed by atoms with Crippen LogP contribution in [0.5, 0.6) is 17.2 Å². The maximum Gasteiger partial charge on any atom is 0.194 e. The summed E-state index contributed by atoms with van der Waals surface area (Å²) in [6, 6.07) is 14.6. The molecular weight excluding hydrogens is 330 g/mol. The van der Waals surface area contributed by atoms with E-state index < -0.39 is 0 Å². The van der Waals surface area contributed by atoms with Crippen LogP contribution in [0.1, 0.15) is 12.5 Å². The highest BCUT2D eigenvalue weighted by atomic mass is 16.5. The number of nitrogens with zero attached hydrogens (tertiary/aromatic N) is 2. The van der Waals surface area contributed by atoms with Crippen LogP contribution in [0.25, 0.3) is 0 Å². The summed E-state index contributed by atoms with van der Waals surface area (Å²) in [6.45, 7) is 4.63. The quantitative estimate of drug-likeness (QED) is 0.562. The van der Waals surface area contributed by atoms with Crippen molar-refractivity contribution in [2.75, 3.05) is 33.9 Å². The minimum Gasteiger partial charge on any atom is -0.508 e. The maximum absolute atomic E-state index is 9.35. The van der Waals surface area contributed by atoms with Gasteiger partial charge in [-0.2, -0.15) is 0 Å². The summed E-state index contributed by atoms with van der Waals surface area (Å²) in [5.74, 6) is 2.70. The molecule has 6 heteroatoms. The number of likely N-dealkylation sites (N-methyl/N-ethyl adjacent to an activating group) is 1. The summed E-state index contributed by atoms with van der Waals surface area (Å²) in [5.41, 5.74) is 1.04. The lowest BCUT2D eigenvalue weighted by Crippen LogP contribution is -2.40. The average molecular weight is 357 g/mol. The lowest BCUT2D eigenvalue weighted by Gasteiger charge is -2.22. The maximum atomic E-state index is 9.35. The van der Waals surface area contributed by atoms with Gasteiger partial charge < -0.3 is 24.8 Å². The van der Waals surface area contributed by atoms with Gasteiger partial charge in [0, 0.05) is 13.6 Å². The van der Waals surface area contributed by atoms with Crippen LogP contribution in [0, 0.1) is 0 Å². The van der Waals surface area contributed by atoms with Crippen molar-refractivity contribution in [3.8, 4) is 17.2 Å². The first-order chi connectivity index (χ1) is 12.6. The van der Waals surface area contributed by atoms with Gasteiger partial charge in [-0.3, -0.25) is 0 Å². The van der Waals surface area contributed by atoms with E-state index in [4.69, 9.17) is 9.47 Å². The number of hydrogen-bond donors (Lipinski definition) is 2. The molecule has 0 fully saturated rings. The van der Waals surface area contributed by atoms with E-state index in [2.05, 4.69) is 10.3 Å². The second-order valence-corrected chi connectivity index (χ2v) is 5.78. The molecule has 0 unspecified atom stereocenters. The lowest BCUT2D eigenvalue weighted by atomic mass is 10.2. The van der Waals surface area contributed by atoms with E-state index in [9.17, 15) is 5.11 Å². The van der Waals surface area contributed by atoms with Gasteiger partial charge in [-0.25, -0.2) is 4.99 Å². The fourth-order valence-electron chi connectivity index (χ4n) is 2.32. The van der Waals surface area contributed by atoms with Crippen molar-refractivity contribution < 1.29 is 14.6 Å². The largest absolute Gasteiger partial charge is 0.508 e. The Morgan fingerprint density at radius 2 is 1.73 bits per heavy atom. The zero-order valence-electron chi connectivity index (χ0n) is 15.6. The molecule has 0 saturated heterocycles. The van der Waals surface area contributed by atoms with Gasteiger partial charge in [0.15, 0.2) is 5.96 Å². The minimum atomic E-state index is 0.262. The summed E-state index contributed by atoms with van der Waals surface area (Å²) in [6.07, 6.45) is 0. The van der Waals surface area contributed by atoms with Gasteiger partial charge >= 0.3 is 0 Å². The molecule has 26 heavy (non-hydrogen) atoms. The van der Waals surface area contributed by atoms with Crippen LogP contribution in [0.15, 0.2) is 53.5 Å². The molecular formula is C20H27N3O3. The molecule has 0 aliphatic heterocycles. The van der Waals surface area contributed by atoms with Gasteiger partial charge in [0.25, 0.3) is 0 Å². The second kappa shape index (κ2) is 10.2. The van der Waals surface area contributed by atoms with E-state index in [0.717, 1.165) is 29.6 Å². The zero-order chi connectivity index (χ0) is 18.8. The van der Waals surface area contributed by atoms with Gasteiger partial charge in [-0.05, 0) is 48.9 Å². The van der Waals surface area contributed by atoms with E-state index in [1.807, 2.05) is 55.3 Å². The number of guanidine groups is 1. The van der Waals surface area contributed by atoms with Crippen molar-refractivity contribution >= 4 is 5.96 Å². The predicted octanol–water partition coefficient (Wildman–Crippen LogP) is 2.88. The van der Waals surface area contributed by atoms with Gasteiger partial charge in [0.05, 0.1) is 20.2 Å². The Morgan fingerprint density at radius 3 is 2.35 bits per heavy atom. The third kappa shape index (κ3) is 6.20. The minimum absolute atomic E-state index is 0.262. The molecule has 0 aromatic heterocycles. The van der Waals surface area contributed by atoms with Crippen LogP contribution in [0.3, 0.4) is 0 Å². The first-order valence-electron chi connectivity index (χ1n) is 8.66. The molecule has 2 aromatic rings. The highest BCUT2D eigenvalue weighted by molar-refractivity contribution is 5.79. The van der Waals surface area contributed by atoms with Crippen LogP contribution in [0.4, 0.5) is 0 Å². The van der Waals surface area contributed by atoms with Gasteiger partial charge in [-0.1, -0.05) is 12.1 Å². The van der Waals surface area contributed by atoms with Crippen molar-refractivity contribution in [1.29, 1.82) is 0 Å². The number of phenols is 1. The second-order valence-electron chi connectivity index (χ2n) is 5.78. The van der Waals surface area contributed by atoms with E-state index in [0.29, 0.717) is 19.7 Å². The number of hydrogen-bond acceptors (Lipinski definition) is 4. The number of phenolic OH excluding ortho intramolecular Hbond substituents is 1. The molecule has 2 N–H and O–H groups in total. The highest BCUT2D eigenvalue weighted by Gasteiger charge is 2.06. The van der Waals surface area contributed by atoms with E-state index in [1.165, 1.54) is 0 Å². The normalized spacial score (nSPS) is 11.1. The molecule has 2 rings (SSSR count). The molecule has 0 aliphatic carbocycles. The van der Waals surface area contributed by atoms with Crippen molar-refractivity contribution in [2.45, 2.75) is 13.5 Å². The molecule has 0 aliphatic rings. The average Bonchev–Trinajstić information content (AvgIpc) is 2.67. The van der Waals surface area contributed by atoms with Crippen molar-refractivity contribution in [3.63, 3.8) is 0 Å². The number of nitrogens with one attached hydrogen (secondary N) is 1. The Balaban J connectivity index is 1.86. The first kappa shape index (κ1) is 19.4. The molecule has 0 bridgehead atoms. The molecule has 0 radical (unpaired) electrons. The summed E-state index contributed by atoms with van der Waals surface area (Å²) < 4.78 is 10.9. The topological polar surface area (TPSA) is 66.3 Å². The summed E-state index contributed by atoms with van der Waals surface area (Å²) in [5, 5.41) is 12.6. The Labute approximate surface area is 155 Å². The van der Waals surface area contributed by atoms with Crippen LogP contribution < -0.4 is 14.8 Å². The molecule has 6 nitrogen and oxygen atoms in total. The lowest BCUT2D eigenvalue weighted by molar-refractivity contribution is 0.281.